The second-order valence-corrected chi connectivity index (χ2v) is 3.76. The SMILES string of the molecule is O=C(N[C@@H]1CCCOC1)Oc1ccccc1. The molecule has 1 fully saturated rings. The summed E-state index contributed by atoms with van der Waals surface area (Å²) in [5, 5.41) is 2.78. The van der Waals surface area contributed by atoms with Crippen molar-refractivity contribution < 1.29 is 14.3 Å². The van der Waals surface area contributed by atoms with Gasteiger partial charge in [-0.1, -0.05) is 18.2 Å². The van der Waals surface area contributed by atoms with E-state index in [1.54, 1.807) is 12.1 Å². The maximum absolute atomic E-state index is 11.5. The smallest absolute Gasteiger partial charge is 0.410 e. The van der Waals surface area contributed by atoms with Crippen molar-refractivity contribution in [2.75, 3.05) is 13.2 Å². The minimum atomic E-state index is -0.415. The highest BCUT2D eigenvalue weighted by molar-refractivity contribution is 5.70. The zero-order chi connectivity index (χ0) is 11.2. The summed E-state index contributed by atoms with van der Waals surface area (Å²) in [5.74, 6) is 0.553. The number of para-hydroxylation sites is 1. The van der Waals surface area contributed by atoms with E-state index in [9.17, 15) is 4.79 Å². The third kappa shape index (κ3) is 3.24. The van der Waals surface area contributed by atoms with Crippen molar-refractivity contribution in [3.63, 3.8) is 0 Å². The highest BCUT2D eigenvalue weighted by atomic mass is 16.6. The highest BCUT2D eigenvalue weighted by Crippen LogP contribution is 2.10. The molecule has 1 N–H and O–H groups in total. The van der Waals surface area contributed by atoms with Gasteiger partial charge in [-0.3, -0.25) is 0 Å². The number of amides is 1. The molecule has 2 rings (SSSR count). The molecule has 1 heterocycles. The third-order valence-corrected chi connectivity index (χ3v) is 2.44. The summed E-state index contributed by atoms with van der Waals surface area (Å²) in [6.07, 6.45) is 1.52. The summed E-state index contributed by atoms with van der Waals surface area (Å²) < 4.78 is 10.4. The summed E-state index contributed by atoms with van der Waals surface area (Å²) in [5.41, 5.74) is 0. The minimum absolute atomic E-state index is 0.0740. The molecule has 4 nitrogen and oxygen atoms in total. The van der Waals surface area contributed by atoms with Gasteiger partial charge < -0.3 is 14.8 Å². The Bertz CT molecular complexity index is 333. The van der Waals surface area contributed by atoms with Gasteiger partial charge in [-0.05, 0) is 25.0 Å². The third-order valence-electron chi connectivity index (χ3n) is 2.44. The van der Waals surface area contributed by atoms with Crippen LogP contribution >= 0.6 is 0 Å². The quantitative estimate of drug-likeness (QED) is 0.830. The Kier molecular flexibility index (Phi) is 3.77. The van der Waals surface area contributed by atoms with Crippen LogP contribution < -0.4 is 10.1 Å². The number of ether oxygens (including phenoxy) is 2. The van der Waals surface area contributed by atoms with Gasteiger partial charge in [-0.15, -0.1) is 0 Å². The Morgan fingerprint density at radius 1 is 1.38 bits per heavy atom. The van der Waals surface area contributed by atoms with E-state index in [0.717, 1.165) is 19.4 Å². The van der Waals surface area contributed by atoms with Crippen LogP contribution in [0.2, 0.25) is 0 Å². The zero-order valence-electron chi connectivity index (χ0n) is 9.02. The van der Waals surface area contributed by atoms with E-state index in [1.165, 1.54) is 0 Å². The molecular weight excluding hydrogens is 206 g/mol. The molecule has 0 spiro atoms. The second-order valence-electron chi connectivity index (χ2n) is 3.76. The maximum Gasteiger partial charge on any atom is 0.412 e. The van der Waals surface area contributed by atoms with E-state index in [0.29, 0.717) is 12.4 Å². The summed E-state index contributed by atoms with van der Waals surface area (Å²) in [6.45, 7) is 1.36. The van der Waals surface area contributed by atoms with Gasteiger partial charge in [-0.2, -0.15) is 0 Å². The topological polar surface area (TPSA) is 47.6 Å². The van der Waals surface area contributed by atoms with E-state index in [4.69, 9.17) is 9.47 Å². The number of carbonyl (C=O) groups excluding carboxylic acids is 1. The number of nitrogens with one attached hydrogen (secondary N) is 1. The number of hydrogen-bond donors (Lipinski definition) is 1. The highest BCUT2D eigenvalue weighted by Gasteiger charge is 2.16. The molecule has 1 aliphatic rings. The predicted octanol–water partition coefficient (Wildman–Crippen LogP) is 1.95. The van der Waals surface area contributed by atoms with Crippen LogP contribution in [0.15, 0.2) is 30.3 Å². The van der Waals surface area contributed by atoms with Crippen molar-refractivity contribution in [3.05, 3.63) is 30.3 Å². The van der Waals surface area contributed by atoms with Crippen LogP contribution in [0.4, 0.5) is 4.79 Å². The van der Waals surface area contributed by atoms with Gasteiger partial charge in [0.1, 0.15) is 5.75 Å². The van der Waals surface area contributed by atoms with Crippen molar-refractivity contribution in [1.29, 1.82) is 0 Å². The number of hydrogen-bond acceptors (Lipinski definition) is 3. The lowest BCUT2D eigenvalue weighted by atomic mass is 10.1. The van der Waals surface area contributed by atoms with Gasteiger partial charge in [0.25, 0.3) is 0 Å². The first-order valence-corrected chi connectivity index (χ1v) is 5.46. The lowest BCUT2D eigenvalue weighted by Gasteiger charge is -2.22. The number of benzene rings is 1. The molecule has 0 aliphatic carbocycles. The van der Waals surface area contributed by atoms with E-state index in [1.807, 2.05) is 18.2 Å². The normalized spacial score (nSPS) is 20.1. The molecule has 1 aromatic carbocycles. The van der Waals surface area contributed by atoms with Crippen LogP contribution in [-0.4, -0.2) is 25.3 Å². The Balaban J connectivity index is 1.80. The van der Waals surface area contributed by atoms with Gasteiger partial charge in [0, 0.05) is 6.61 Å². The summed E-state index contributed by atoms with van der Waals surface area (Å²) in [6, 6.07) is 9.09. The van der Waals surface area contributed by atoms with Gasteiger partial charge >= 0.3 is 6.09 Å². The first-order chi connectivity index (χ1) is 7.84. The van der Waals surface area contributed by atoms with Gasteiger partial charge in [-0.25, -0.2) is 4.79 Å². The van der Waals surface area contributed by atoms with Crippen molar-refractivity contribution in [2.24, 2.45) is 0 Å². The molecule has 1 atom stereocenters. The average molecular weight is 221 g/mol. The van der Waals surface area contributed by atoms with Gasteiger partial charge in [0.2, 0.25) is 0 Å². The van der Waals surface area contributed by atoms with Crippen LogP contribution in [0, 0.1) is 0 Å². The van der Waals surface area contributed by atoms with Crippen molar-refractivity contribution in [3.8, 4) is 5.75 Å². The molecule has 86 valence electrons. The Morgan fingerprint density at radius 2 is 2.19 bits per heavy atom. The maximum atomic E-state index is 11.5. The van der Waals surface area contributed by atoms with E-state index >= 15 is 0 Å². The monoisotopic (exact) mass is 221 g/mol. The fourth-order valence-corrected chi connectivity index (χ4v) is 1.65. The molecule has 1 aromatic rings. The largest absolute Gasteiger partial charge is 0.412 e. The molecule has 0 unspecified atom stereocenters. The fourth-order valence-electron chi connectivity index (χ4n) is 1.65. The van der Waals surface area contributed by atoms with E-state index in [-0.39, 0.29) is 6.04 Å². The molecule has 0 bridgehead atoms. The molecular formula is C12H15NO3. The molecule has 1 aliphatic heterocycles. The molecule has 0 radical (unpaired) electrons. The van der Waals surface area contributed by atoms with Crippen molar-refractivity contribution >= 4 is 6.09 Å². The first-order valence-electron chi connectivity index (χ1n) is 5.46. The lowest BCUT2D eigenvalue weighted by Crippen LogP contribution is -2.41. The van der Waals surface area contributed by atoms with Crippen LogP contribution in [-0.2, 0) is 4.74 Å². The van der Waals surface area contributed by atoms with Crippen LogP contribution in [0.5, 0.6) is 5.75 Å². The fraction of sp³-hybridized carbons (Fsp3) is 0.417. The van der Waals surface area contributed by atoms with Crippen LogP contribution in [0.3, 0.4) is 0 Å². The molecule has 0 aromatic heterocycles. The number of carbonyl (C=O) groups is 1. The van der Waals surface area contributed by atoms with Gasteiger partial charge in [0.15, 0.2) is 0 Å². The van der Waals surface area contributed by atoms with E-state index in [2.05, 4.69) is 5.32 Å². The van der Waals surface area contributed by atoms with Gasteiger partial charge in [0.05, 0.1) is 12.6 Å². The van der Waals surface area contributed by atoms with Crippen LogP contribution in [0.1, 0.15) is 12.8 Å². The standard InChI is InChI=1S/C12H15NO3/c14-12(13-10-5-4-8-15-9-10)16-11-6-2-1-3-7-11/h1-3,6-7,10H,4-5,8-9H2,(H,13,14)/t10-/m1/s1. The van der Waals surface area contributed by atoms with Crippen LogP contribution in [0.25, 0.3) is 0 Å². The predicted molar refractivity (Wildman–Crippen MR) is 59.4 cm³/mol. The van der Waals surface area contributed by atoms with Crippen molar-refractivity contribution in [2.45, 2.75) is 18.9 Å². The van der Waals surface area contributed by atoms with E-state index < -0.39 is 6.09 Å². The summed E-state index contributed by atoms with van der Waals surface area (Å²) in [4.78, 5) is 11.5. The summed E-state index contributed by atoms with van der Waals surface area (Å²) in [7, 11) is 0. The zero-order valence-corrected chi connectivity index (χ0v) is 9.02. The summed E-state index contributed by atoms with van der Waals surface area (Å²) >= 11 is 0. The van der Waals surface area contributed by atoms with Crippen molar-refractivity contribution in [1.82, 2.24) is 5.32 Å². The minimum Gasteiger partial charge on any atom is -0.410 e. The second kappa shape index (κ2) is 5.51. The average Bonchev–Trinajstić information content (AvgIpc) is 2.31. The first kappa shape index (κ1) is 11.0. The molecule has 1 saturated heterocycles. The Hall–Kier alpha value is -1.55. The molecule has 4 heteroatoms. The lowest BCUT2D eigenvalue weighted by molar-refractivity contribution is 0.0703. The molecule has 16 heavy (non-hydrogen) atoms. The molecule has 1 amide bonds. The number of rotatable bonds is 2. The Morgan fingerprint density at radius 3 is 2.88 bits per heavy atom. The molecule has 0 saturated carbocycles. The Labute approximate surface area is 94.6 Å².